The Hall–Kier alpha value is -2.38. The first kappa shape index (κ1) is 21.3. The summed E-state index contributed by atoms with van der Waals surface area (Å²) >= 11 is 0. The maximum absolute atomic E-state index is 13.0. The molecule has 0 radical (unpaired) electrons. The lowest BCUT2D eigenvalue weighted by atomic mass is 10.0. The molecule has 0 aromatic heterocycles. The van der Waals surface area contributed by atoms with Gasteiger partial charge in [-0.05, 0) is 83.1 Å². The van der Waals surface area contributed by atoms with Gasteiger partial charge in [-0.2, -0.15) is 0 Å². The molecule has 2 N–H and O–H groups in total. The molecule has 156 valence electrons. The summed E-state index contributed by atoms with van der Waals surface area (Å²) in [4.78, 5) is 15.0. The summed E-state index contributed by atoms with van der Waals surface area (Å²) in [5.41, 5.74) is 3.40. The van der Waals surface area contributed by atoms with Gasteiger partial charge in [-0.15, -0.1) is 0 Å². The second kappa shape index (κ2) is 8.55. The molecule has 0 saturated carbocycles. The van der Waals surface area contributed by atoms with E-state index in [2.05, 4.69) is 22.0 Å². The van der Waals surface area contributed by atoms with E-state index < -0.39 is 10.0 Å². The fraction of sp³-hybridized carbons (Fsp3) is 0.409. The zero-order valence-electron chi connectivity index (χ0n) is 17.5. The third-order valence-corrected chi connectivity index (χ3v) is 6.93. The first-order valence-corrected chi connectivity index (χ1v) is 11.3. The maximum atomic E-state index is 13.0. The van der Waals surface area contributed by atoms with Crippen LogP contribution in [0.1, 0.15) is 39.9 Å². The molecule has 2 aromatic carbocycles. The number of hydrogen-bond acceptors (Lipinski definition) is 4. The number of rotatable bonds is 5. The van der Waals surface area contributed by atoms with Crippen LogP contribution in [0.3, 0.4) is 0 Å². The lowest BCUT2D eigenvalue weighted by molar-refractivity contribution is 0.0916. The van der Waals surface area contributed by atoms with Crippen LogP contribution in [0.5, 0.6) is 0 Å². The van der Waals surface area contributed by atoms with Crippen LogP contribution in [0.2, 0.25) is 0 Å². The third kappa shape index (κ3) is 5.16. The van der Waals surface area contributed by atoms with Gasteiger partial charge < -0.3 is 10.2 Å². The number of nitrogens with one attached hydrogen (secondary N) is 2. The first-order chi connectivity index (χ1) is 13.7. The summed E-state index contributed by atoms with van der Waals surface area (Å²) < 4.78 is 28.7. The number of hydrogen-bond donors (Lipinski definition) is 2. The number of sulfonamides is 1. The van der Waals surface area contributed by atoms with E-state index in [0.717, 1.165) is 37.1 Å². The van der Waals surface area contributed by atoms with Gasteiger partial charge in [0.2, 0.25) is 0 Å². The van der Waals surface area contributed by atoms with E-state index >= 15 is 0 Å². The van der Waals surface area contributed by atoms with Gasteiger partial charge in [0.15, 0.2) is 0 Å². The fourth-order valence-electron chi connectivity index (χ4n) is 3.58. The molecule has 2 aromatic rings. The van der Waals surface area contributed by atoms with Crippen molar-refractivity contribution in [1.29, 1.82) is 0 Å². The maximum Gasteiger partial charge on any atom is 0.262 e. The molecule has 0 aliphatic carbocycles. The average Bonchev–Trinajstić information content (AvgIpc) is 2.66. The van der Waals surface area contributed by atoms with Gasteiger partial charge in [-0.1, -0.05) is 23.8 Å². The van der Waals surface area contributed by atoms with Gasteiger partial charge in [0.25, 0.3) is 15.9 Å². The van der Waals surface area contributed by atoms with Crippen molar-refractivity contribution in [2.24, 2.45) is 0 Å². The molecule has 29 heavy (non-hydrogen) atoms. The zero-order chi connectivity index (χ0) is 21.2. The quantitative estimate of drug-likeness (QED) is 0.786. The first-order valence-electron chi connectivity index (χ1n) is 9.86. The van der Waals surface area contributed by atoms with Crippen molar-refractivity contribution in [3.05, 3.63) is 58.7 Å². The summed E-state index contributed by atoms with van der Waals surface area (Å²) in [6.07, 6.45) is 1.79. The standard InChI is InChI=1S/C22H29N3O3S/c1-15-5-8-20(17(3)13-15)24-29(27,28)21-14-18(7-6-16(21)2)22(26)23-19-9-11-25(4)12-10-19/h5-8,13-14,19,24H,9-12H2,1-4H3,(H,23,26). The number of piperidine rings is 1. The largest absolute Gasteiger partial charge is 0.349 e. The molecule has 1 amide bonds. The molecule has 1 heterocycles. The smallest absolute Gasteiger partial charge is 0.262 e. The Kier molecular flexibility index (Phi) is 6.29. The number of carbonyl (C=O) groups is 1. The van der Waals surface area contributed by atoms with E-state index in [-0.39, 0.29) is 16.8 Å². The fourth-order valence-corrected chi connectivity index (χ4v) is 4.98. The van der Waals surface area contributed by atoms with Gasteiger partial charge >= 0.3 is 0 Å². The Morgan fingerprint density at radius 3 is 2.34 bits per heavy atom. The predicted octanol–water partition coefficient (Wildman–Crippen LogP) is 3.24. The summed E-state index contributed by atoms with van der Waals surface area (Å²) in [7, 11) is -1.75. The topological polar surface area (TPSA) is 78.5 Å². The highest BCUT2D eigenvalue weighted by molar-refractivity contribution is 7.92. The van der Waals surface area contributed by atoms with Crippen molar-refractivity contribution in [1.82, 2.24) is 10.2 Å². The van der Waals surface area contributed by atoms with Gasteiger partial charge in [-0.3, -0.25) is 9.52 Å². The van der Waals surface area contributed by atoms with Gasteiger partial charge in [-0.25, -0.2) is 8.42 Å². The SMILES string of the molecule is Cc1ccc(NS(=O)(=O)c2cc(C(=O)NC3CCN(C)CC3)ccc2C)c(C)c1. The van der Waals surface area contributed by atoms with E-state index in [1.807, 2.05) is 26.0 Å². The van der Waals surface area contributed by atoms with E-state index in [1.165, 1.54) is 6.07 Å². The molecular weight excluding hydrogens is 386 g/mol. The number of likely N-dealkylation sites (tertiary alicyclic amines) is 1. The molecule has 3 rings (SSSR count). The summed E-state index contributed by atoms with van der Waals surface area (Å²) in [6.45, 7) is 7.44. The Bertz CT molecular complexity index is 1010. The molecule has 0 bridgehead atoms. The Morgan fingerprint density at radius 1 is 1.00 bits per heavy atom. The van der Waals surface area contributed by atoms with E-state index in [0.29, 0.717) is 16.8 Å². The highest BCUT2D eigenvalue weighted by Crippen LogP contribution is 2.24. The van der Waals surface area contributed by atoms with Crippen LogP contribution in [0.25, 0.3) is 0 Å². The Morgan fingerprint density at radius 2 is 1.69 bits per heavy atom. The molecule has 1 aliphatic heterocycles. The summed E-state index contributed by atoms with van der Waals surface area (Å²) in [5, 5.41) is 3.04. The zero-order valence-corrected chi connectivity index (χ0v) is 18.3. The van der Waals surface area contributed by atoms with Crippen LogP contribution in [0, 0.1) is 20.8 Å². The van der Waals surface area contributed by atoms with Crippen LogP contribution in [-0.2, 0) is 10.0 Å². The number of nitrogens with zero attached hydrogens (tertiary/aromatic N) is 1. The second-order valence-electron chi connectivity index (χ2n) is 7.96. The number of carbonyl (C=O) groups excluding carboxylic acids is 1. The monoisotopic (exact) mass is 415 g/mol. The van der Waals surface area contributed by atoms with E-state index in [4.69, 9.17) is 0 Å². The Balaban J connectivity index is 1.81. The molecule has 1 saturated heterocycles. The number of amides is 1. The third-order valence-electron chi connectivity index (χ3n) is 5.42. The minimum absolute atomic E-state index is 0.119. The molecule has 0 spiro atoms. The van der Waals surface area contributed by atoms with E-state index in [1.54, 1.807) is 25.1 Å². The van der Waals surface area contributed by atoms with Gasteiger partial charge in [0.1, 0.15) is 0 Å². The second-order valence-corrected chi connectivity index (χ2v) is 9.61. The van der Waals surface area contributed by atoms with Crippen molar-refractivity contribution in [3.8, 4) is 0 Å². The average molecular weight is 416 g/mol. The summed E-state index contributed by atoms with van der Waals surface area (Å²) in [6, 6.07) is 10.5. The normalized spacial score (nSPS) is 15.9. The molecule has 0 unspecified atom stereocenters. The van der Waals surface area contributed by atoms with Crippen molar-refractivity contribution in [3.63, 3.8) is 0 Å². The molecule has 6 nitrogen and oxygen atoms in total. The van der Waals surface area contributed by atoms with Crippen molar-refractivity contribution in [2.75, 3.05) is 24.9 Å². The number of aryl methyl sites for hydroxylation is 3. The lowest BCUT2D eigenvalue weighted by Gasteiger charge is -2.29. The van der Waals surface area contributed by atoms with Crippen LogP contribution in [0.4, 0.5) is 5.69 Å². The van der Waals surface area contributed by atoms with Crippen LogP contribution < -0.4 is 10.0 Å². The van der Waals surface area contributed by atoms with Crippen molar-refractivity contribution < 1.29 is 13.2 Å². The highest BCUT2D eigenvalue weighted by atomic mass is 32.2. The van der Waals surface area contributed by atoms with Gasteiger partial charge in [0, 0.05) is 11.6 Å². The van der Waals surface area contributed by atoms with Crippen LogP contribution in [0.15, 0.2) is 41.3 Å². The predicted molar refractivity (Wildman–Crippen MR) is 116 cm³/mol. The Labute approximate surface area is 173 Å². The van der Waals surface area contributed by atoms with E-state index in [9.17, 15) is 13.2 Å². The molecule has 7 heteroatoms. The molecule has 0 atom stereocenters. The highest BCUT2D eigenvalue weighted by Gasteiger charge is 2.22. The van der Waals surface area contributed by atoms with Gasteiger partial charge in [0.05, 0.1) is 10.6 Å². The number of benzene rings is 2. The van der Waals surface area contributed by atoms with Crippen molar-refractivity contribution >= 4 is 21.6 Å². The van der Waals surface area contributed by atoms with Crippen LogP contribution >= 0.6 is 0 Å². The summed E-state index contributed by atoms with van der Waals surface area (Å²) in [5.74, 6) is -0.234. The molecule has 1 fully saturated rings. The molecule has 1 aliphatic rings. The minimum atomic E-state index is -3.81. The number of anilines is 1. The molecular formula is C22H29N3O3S. The van der Waals surface area contributed by atoms with Crippen molar-refractivity contribution in [2.45, 2.75) is 44.6 Å². The minimum Gasteiger partial charge on any atom is -0.349 e. The lowest BCUT2D eigenvalue weighted by Crippen LogP contribution is -2.43. The van der Waals surface area contributed by atoms with Crippen LogP contribution in [-0.4, -0.2) is 45.4 Å².